The summed E-state index contributed by atoms with van der Waals surface area (Å²) in [5, 5.41) is 5.02. The molecule has 0 radical (unpaired) electrons. The molecular weight excluding hydrogens is 725 g/mol. The monoisotopic (exact) mass is 764 g/mol. The Labute approximate surface area is 350 Å². The van der Waals surface area contributed by atoms with Gasteiger partial charge in [0.05, 0.1) is 11.0 Å². The molecule has 0 bridgehead atoms. The maximum Gasteiger partial charge on any atom is 0.0547 e. The van der Waals surface area contributed by atoms with Crippen LogP contribution in [-0.2, 0) is 0 Å². The van der Waals surface area contributed by atoms with Gasteiger partial charge in [-0.2, -0.15) is 0 Å². The molecule has 1 heterocycles. The Hall–Kier alpha value is -7.94. The molecule has 10 aromatic carbocycles. The van der Waals surface area contributed by atoms with Gasteiger partial charge in [-0.25, -0.2) is 0 Å². The second-order valence-corrected chi connectivity index (χ2v) is 15.3. The summed E-state index contributed by atoms with van der Waals surface area (Å²) < 4.78 is 2.39. The fourth-order valence-electron chi connectivity index (χ4n) is 8.95. The Bertz CT molecular complexity index is 3280. The summed E-state index contributed by atoms with van der Waals surface area (Å²) >= 11 is 0. The van der Waals surface area contributed by atoms with Gasteiger partial charge in [0.1, 0.15) is 0 Å². The van der Waals surface area contributed by atoms with Crippen LogP contribution in [0.5, 0.6) is 0 Å². The summed E-state index contributed by atoms with van der Waals surface area (Å²) in [5.74, 6) is 0. The largest absolute Gasteiger partial charge is 0.310 e. The quantitative estimate of drug-likeness (QED) is 0.150. The Kier molecular flexibility index (Phi) is 8.87. The van der Waals surface area contributed by atoms with Crippen LogP contribution >= 0.6 is 0 Å². The van der Waals surface area contributed by atoms with E-state index in [9.17, 15) is 0 Å². The van der Waals surface area contributed by atoms with Crippen molar-refractivity contribution in [2.75, 3.05) is 4.90 Å². The average Bonchev–Trinajstić information content (AvgIpc) is 3.67. The molecule has 0 saturated carbocycles. The summed E-state index contributed by atoms with van der Waals surface area (Å²) in [6.07, 6.45) is 0. The molecule has 0 atom stereocenters. The van der Waals surface area contributed by atoms with Crippen LogP contribution in [0.3, 0.4) is 0 Å². The van der Waals surface area contributed by atoms with Gasteiger partial charge < -0.3 is 9.47 Å². The zero-order chi connectivity index (χ0) is 39.8. The van der Waals surface area contributed by atoms with Crippen LogP contribution in [0, 0.1) is 0 Å². The number of para-hydroxylation sites is 2. The van der Waals surface area contributed by atoms with Crippen molar-refractivity contribution >= 4 is 49.6 Å². The maximum absolute atomic E-state index is 2.39. The summed E-state index contributed by atoms with van der Waals surface area (Å²) in [7, 11) is 0. The standard InChI is InChI=1S/C58H40N2/c1-3-15-41(16-4-1)42-31-35-49(36-32-42)59(50-37-33-44(34-38-50)53-27-13-18-43-17-7-8-25-52(43)53)51-24-12-20-46(40-51)45-19-11-21-47(39-45)54-28-14-30-57-58(54)55-26-9-10-29-56(55)60(57)48-22-5-2-6-23-48/h1-40H. The summed E-state index contributed by atoms with van der Waals surface area (Å²) in [6.45, 7) is 0. The molecule has 11 aromatic rings. The number of fused-ring (bicyclic) bond motifs is 4. The van der Waals surface area contributed by atoms with E-state index >= 15 is 0 Å². The molecule has 60 heavy (non-hydrogen) atoms. The van der Waals surface area contributed by atoms with Crippen molar-refractivity contribution in [1.82, 2.24) is 4.57 Å². The summed E-state index contributed by atoms with van der Waals surface area (Å²) in [4.78, 5) is 2.37. The minimum atomic E-state index is 1.09. The molecule has 282 valence electrons. The van der Waals surface area contributed by atoms with E-state index in [-0.39, 0.29) is 0 Å². The zero-order valence-electron chi connectivity index (χ0n) is 33.0. The minimum Gasteiger partial charge on any atom is -0.310 e. The third kappa shape index (κ3) is 6.32. The number of aromatic nitrogens is 1. The molecule has 0 aliphatic heterocycles. The van der Waals surface area contributed by atoms with Gasteiger partial charge in [-0.15, -0.1) is 0 Å². The minimum absolute atomic E-state index is 1.09. The average molecular weight is 765 g/mol. The lowest BCUT2D eigenvalue weighted by molar-refractivity contribution is 1.18. The number of anilines is 3. The highest BCUT2D eigenvalue weighted by molar-refractivity contribution is 6.16. The van der Waals surface area contributed by atoms with Crippen LogP contribution in [0.1, 0.15) is 0 Å². The fourth-order valence-corrected chi connectivity index (χ4v) is 8.95. The summed E-state index contributed by atoms with van der Waals surface area (Å²) in [6, 6.07) is 87.8. The number of nitrogens with zero attached hydrogens (tertiary/aromatic N) is 2. The number of rotatable bonds is 8. The first-order chi connectivity index (χ1) is 29.8. The van der Waals surface area contributed by atoms with Crippen molar-refractivity contribution in [3.63, 3.8) is 0 Å². The van der Waals surface area contributed by atoms with Crippen molar-refractivity contribution in [2.45, 2.75) is 0 Å². The molecule has 0 saturated heterocycles. The Morgan fingerprint density at radius 3 is 1.58 bits per heavy atom. The molecule has 0 N–H and O–H groups in total. The van der Waals surface area contributed by atoms with Gasteiger partial charge in [0.25, 0.3) is 0 Å². The predicted octanol–water partition coefficient (Wildman–Crippen LogP) is 16.1. The molecule has 0 aliphatic carbocycles. The number of hydrogen-bond donors (Lipinski definition) is 0. The number of benzene rings is 10. The highest BCUT2D eigenvalue weighted by Crippen LogP contribution is 2.42. The van der Waals surface area contributed by atoms with Gasteiger partial charge in [-0.05, 0) is 122 Å². The Morgan fingerprint density at radius 1 is 0.283 bits per heavy atom. The van der Waals surface area contributed by atoms with E-state index in [1.165, 1.54) is 71.5 Å². The highest BCUT2D eigenvalue weighted by Gasteiger charge is 2.18. The Balaban J connectivity index is 1.01. The third-order valence-electron chi connectivity index (χ3n) is 11.8. The molecule has 11 rings (SSSR count). The SMILES string of the molecule is c1ccc(-c2ccc(N(c3ccc(-c4cccc5ccccc45)cc3)c3cccc(-c4cccc(-c5cccc6c5c5ccccc5n6-c5ccccc5)c4)c3)cc2)cc1. The van der Waals surface area contributed by atoms with E-state index in [0.717, 1.165) is 28.3 Å². The first-order valence-electron chi connectivity index (χ1n) is 20.6. The first kappa shape index (κ1) is 35.2. The van der Waals surface area contributed by atoms with E-state index in [2.05, 4.69) is 252 Å². The predicted molar refractivity (Wildman–Crippen MR) is 255 cm³/mol. The lowest BCUT2D eigenvalue weighted by Crippen LogP contribution is -2.10. The molecular formula is C58H40N2. The van der Waals surface area contributed by atoms with Gasteiger partial charge in [0.2, 0.25) is 0 Å². The Morgan fingerprint density at radius 2 is 0.800 bits per heavy atom. The second-order valence-electron chi connectivity index (χ2n) is 15.3. The van der Waals surface area contributed by atoms with Crippen LogP contribution in [0.25, 0.3) is 82.8 Å². The van der Waals surface area contributed by atoms with Crippen LogP contribution < -0.4 is 4.90 Å². The third-order valence-corrected chi connectivity index (χ3v) is 11.8. The van der Waals surface area contributed by atoms with Gasteiger partial charge in [0, 0.05) is 33.5 Å². The lowest BCUT2D eigenvalue weighted by Gasteiger charge is -2.26. The van der Waals surface area contributed by atoms with Crippen LogP contribution in [-0.4, -0.2) is 4.57 Å². The van der Waals surface area contributed by atoms with Crippen molar-refractivity contribution < 1.29 is 0 Å². The van der Waals surface area contributed by atoms with Gasteiger partial charge in [0.15, 0.2) is 0 Å². The van der Waals surface area contributed by atoms with E-state index < -0.39 is 0 Å². The van der Waals surface area contributed by atoms with E-state index in [1.54, 1.807) is 0 Å². The second kappa shape index (κ2) is 15.1. The molecule has 1 aromatic heterocycles. The van der Waals surface area contributed by atoms with Crippen molar-refractivity contribution in [2.24, 2.45) is 0 Å². The van der Waals surface area contributed by atoms with Crippen LogP contribution in [0.4, 0.5) is 17.1 Å². The van der Waals surface area contributed by atoms with E-state index in [0.29, 0.717) is 0 Å². The van der Waals surface area contributed by atoms with E-state index in [1.807, 2.05) is 0 Å². The van der Waals surface area contributed by atoms with Crippen molar-refractivity contribution in [3.8, 4) is 50.2 Å². The van der Waals surface area contributed by atoms with Crippen molar-refractivity contribution in [1.29, 1.82) is 0 Å². The molecule has 0 unspecified atom stereocenters. The smallest absolute Gasteiger partial charge is 0.0547 e. The highest BCUT2D eigenvalue weighted by atomic mass is 15.1. The summed E-state index contributed by atoms with van der Waals surface area (Å²) in [5.41, 5.74) is 16.4. The topological polar surface area (TPSA) is 8.17 Å². The van der Waals surface area contributed by atoms with E-state index in [4.69, 9.17) is 0 Å². The molecule has 0 spiro atoms. The lowest BCUT2D eigenvalue weighted by atomic mass is 9.95. The molecule has 0 fully saturated rings. The van der Waals surface area contributed by atoms with Gasteiger partial charge >= 0.3 is 0 Å². The van der Waals surface area contributed by atoms with Gasteiger partial charge in [-0.1, -0.05) is 176 Å². The van der Waals surface area contributed by atoms with Crippen LogP contribution in [0.15, 0.2) is 243 Å². The molecule has 2 heteroatoms. The van der Waals surface area contributed by atoms with Crippen molar-refractivity contribution in [3.05, 3.63) is 243 Å². The first-order valence-corrected chi connectivity index (χ1v) is 20.6. The zero-order valence-corrected chi connectivity index (χ0v) is 33.0. The molecule has 0 aliphatic rings. The molecule has 2 nitrogen and oxygen atoms in total. The number of hydrogen-bond acceptors (Lipinski definition) is 1. The maximum atomic E-state index is 2.39. The van der Waals surface area contributed by atoms with Crippen LogP contribution in [0.2, 0.25) is 0 Å². The molecule has 0 amide bonds. The normalized spacial score (nSPS) is 11.3. The van der Waals surface area contributed by atoms with Gasteiger partial charge in [-0.3, -0.25) is 0 Å². The fraction of sp³-hybridized carbons (Fsp3) is 0.